The molecule has 0 N–H and O–H groups in total. The Balaban J connectivity index is 1.98. The molecule has 1 saturated heterocycles. The summed E-state index contributed by atoms with van der Waals surface area (Å²) in [5.74, 6) is -1.37. The van der Waals surface area contributed by atoms with Crippen molar-refractivity contribution in [3.8, 4) is 0 Å². The molecule has 0 aliphatic carbocycles. The molecular weight excluding hydrogens is 383 g/mol. The lowest BCUT2D eigenvalue weighted by atomic mass is 9.74. The summed E-state index contributed by atoms with van der Waals surface area (Å²) in [5, 5.41) is 0. The van der Waals surface area contributed by atoms with Crippen molar-refractivity contribution >= 4 is 33.2 Å². The molecule has 124 valence electrons. The van der Waals surface area contributed by atoms with Gasteiger partial charge in [0.2, 0.25) is 0 Å². The third-order valence-electron chi connectivity index (χ3n) is 4.38. The number of Topliss-reactive ketones (excluding diaryl/α,β-unsaturated/α-hetero) is 1. The van der Waals surface area contributed by atoms with Crippen LogP contribution >= 0.6 is 15.9 Å². The highest BCUT2D eigenvalue weighted by Gasteiger charge is 2.44. The van der Waals surface area contributed by atoms with Gasteiger partial charge in [-0.25, -0.2) is 14.2 Å². The number of aliphatic imine (C=N–C) groups is 1. The largest absolute Gasteiger partial charge is 0.368 e. The first-order chi connectivity index (χ1) is 11.5. The molecule has 2 aliphatic rings. The number of fused-ring (bicyclic) bond motifs is 2. The molecule has 4 rings (SSSR count). The van der Waals surface area contributed by atoms with E-state index in [0.717, 1.165) is 0 Å². The van der Waals surface area contributed by atoms with Gasteiger partial charge in [0.1, 0.15) is 12.4 Å². The normalized spacial score (nSPS) is 22.8. The number of rotatable bonds is 1. The van der Waals surface area contributed by atoms with Crippen LogP contribution in [0, 0.1) is 11.7 Å². The average molecular weight is 395 g/mol. The van der Waals surface area contributed by atoms with Crippen molar-refractivity contribution in [2.75, 3.05) is 13.2 Å². The number of aryl methyl sites for hydroxylation is 1. The molecule has 2 aromatic rings. The van der Waals surface area contributed by atoms with Gasteiger partial charge in [0.25, 0.3) is 0 Å². The monoisotopic (exact) mass is 394 g/mol. The maximum Gasteiger partial charge on any atom is 0.363 e. The van der Waals surface area contributed by atoms with Gasteiger partial charge >= 0.3 is 5.63 Å². The smallest absolute Gasteiger partial charge is 0.363 e. The van der Waals surface area contributed by atoms with Gasteiger partial charge < -0.3 is 9.26 Å². The number of hydrogen-bond acceptors (Lipinski definition) is 5. The topological polar surface area (TPSA) is 73.8 Å². The number of ketones is 1. The first-order valence-corrected chi connectivity index (χ1v) is 8.09. The molecule has 1 aromatic carbocycles. The van der Waals surface area contributed by atoms with E-state index in [-0.39, 0.29) is 23.5 Å². The molecule has 8 heteroatoms. The predicted octanol–water partition coefficient (Wildman–Crippen LogP) is 2.31. The van der Waals surface area contributed by atoms with Crippen molar-refractivity contribution in [2.24, 2.45) is 18.0 Å². The van der Waals surface area contributed by atoms with Crippen LogP contribution in [0.2, 0.25) is 0 Å². The van der Waals surface area contributed by atoms with E-state index in [0.29, 0.717) is 22.7 Å². The van der Waals surface area contributed by atoms with Crippen molar-refractivity contribution in [3.05, 3.63) is 50.0 Å². The van der Waals surface area contributed by atoms with E-state index in [1.165, 1.54) is 10.8 Å². The summed E-state index contributed by atoms with van der Waals surface area (Å²) in [6.45, 7) is 0.185. The maximum absolute atomic E-state index is 13.6. The van der Waals surface area contributed by atoms with Crippen LogP contribution in [-0.4, -0.2) is 29.4 Å². The molecule has 0 saturated carbocycles. The quantitative estimate of drug-likeness (QED) is 0.743. The third kappa shape index (κ3) is 2.21. The van der Waals surface area contributed by atoms with Crippen LogP contribution < -0.4 is 5.63 Å². The second-order valence-electron chi connectivity index (χ2n) is 5.80. The van der Waals surface area contributed by atoms with Gasteiger partial charge in [-0.15, -0.1) is 0 Å². The molecular formula is C16H12BrFN2O4. The van der Waals surface area contributed by atoms with Crippen molar-refractivity contribution in [2.45, 2.75) is 5.92 Å². The minimum atomic E-state index is -0.603. The molecule has 2 atom stereocenters. The van der Waals surface area contributed by atoms with E-state index in [9.17, 15) is 14.0 Å². The SMILES string of the molecule is Cn1oc(=O)c2c1N=C1COCC(=O)C1C2c1ccc(F)c(Br)c1. The molecule has 3 heterocycles. The number of halogens is 2. The Labute approximate surface area is 144 Å². The number of benzene rings is 1. The fourth-order valence-electron chi connectivity index (χ4n) is 3.34. The zero-order valence-electron chi connectivity index (χ0n) is 12.6. The molecule has 2 aliphatic heterocycles. The Morgan fingerprint density at radius 1 is 1.29 bits per heavy atom. The summed E-state index contributed by atoms with van der Waals surface area (Å²) in [6.07, 6.45) is 0. The first-order valence-electron chi connectivity index (χ1n) is 7.30. The van der Waals surface area contributed by atoms with Gasteiger partial charge in [-0.1, -0.05) is 6.07 Å². The van der Waals surface area contributed by atoms with Crippen molar-refractivity contribution in [1.29, 1.82) is 0 Å². The first kappa shape index (κ1) is 15.5. The van der Waals surface area contributed by atoms with Gasteiger partial charge in [0.15, 0.2) is 11.6 Å². The van der Waals surface area contributed by atoms with Crippen LogP contribution in [0.5, 0.6) is 0 Å². The van der Waals surface area contributed by atoms with Crippen molar-refractivity contribution < 1.29 is 18.4 Å². The average Bonchev–Trinajstić information content (AvgIpc) is 2.83. The van der Waals surface area contributed by atoms with E-state index < -0.39 is 23.3 Å². The number of aromatic nitrogens is 1. The lowest BCUT2D eigenvalue weighted by Gasteiger charge is -2.33. The fraction of sp³-hybridized carbons (Fsp3) is 0.312. The Morgan fingerprint density at radius 2 is 2.08 bits per heavy atom. The third-order valence-corrected chi connectivity index (χ3v) is 4.98. The molecule has 0 bridgehead atoms. The Hall–Kier alpha value is -2.06. The van der Waals surface area contributed by atoms with Crippen LogP contribution in [0.25, 0.3) is 0 Å². The van der Waals surface area contributed by atoms with Gasteiger partial charge in [0, 0.05) is 13.0 Å². The van der Waals surface area contributed by atoms with E-state index in [1.54, 1.807) is 19.2 Å². The summed E-state index contributed by atoms with van der Waals surface area (Å²) in [7, 11) is 1.58. The number of hydrogen-bond donors (Lipinski definition) is 0. The number of nitrogens with zero attached hydrogens (tertiary/aromatic N) is 2. The van der Waals surface area contributed by atoms with Crippen LogP contribution in [0.4, 0.5) is 10.2 Å². The van der Waals surface area contributed by atoms with E-state index in [1.807, 2.05) is 0 Å². The zero-order valence-corrected chi connectivity index (χ0v) is 14.2. The highest BCUT2D eigenvalue weighted by Crippen LogP contribution is 2.43. The predicted molar refractivity (Wildman–Crippen MR) is 86.3 cm³/mol. The Bertz CT molecular complexity index is 946. The maximum atomic E-state index is 13.6. The van der Waals surface area contributed by atoms with E-state index in [4.69, 9.17) is 9.26 Å². The minimum absolute atomic E-state index is 0.0317. The number of ether oxygens (including phenoxy) is 1. The van der Waals surface area contributed by atoms with Gasteiger partial charge in [-0.3, -0.25) is 4.79 Å². The summed E-state index contributed by atoms with van der Waals surface area (Å²) in [4.78, 5) is 29.2. The van der Waals surface area contributed by atoms with E-state index in [2.05, 4.69) is 20.9 Å². The second-order valence-corrected chi connectivity index (χ2v) is 6.66. The summed E-state index contributed by atoms with van der Waals surface area (Å²) >= 11 is 3.16. The molecule has 0 radical (unpaired) electrons. The van der Waals surface area contributed by atoms with Crippen LogP contribution in [-0.2, 0) is 16.6 Å². The molecule has 1 aromatic heterocycles. The zero-order chi connectivity index (χ0) is 17.0. The highest BCUT2D eigenvalue weighted by atomic mass is 79.9. The molecule has 1 fully saturated rings. The molecule has 0 amide bonds. The van der Waals surface area contributed by atoms with Crippen molar-refractivity contribution in [1.82, 2.24) is 4.74 Å². The second kappa shape index (κ2) is 5.49. The lowest BCUT2D eigenvalue weighted by molar-refractivity contribution is -0.127. The highest BCUT2D eigenvalue weighted by molar-refractivity contribution is 9.10. The van der Waals surface area contributed by atoms with Crippen LogP contribution in [0.15, 0.2) is 37.0 Å². The summed E-state index contributed by atoms with van der Waals surface area (Å²) < 4.78 is 25.6. The fourth-order valence-corrected chi connectivity index (χ4v) is 3.74. The Morgan fingerprint density at radius 3 is 2.83 bits per heavy atom. The van der Waals surface area contributed by atoms with Crippen LogP contribution in [0.3, 0.4) is 0 Å². The number of carbonyl (C=O) groups is 1. The number of carbonyl (C=O) groups excluding carboxylic acids is 1. The van der Waals surface area contributed by atoms with E-state index >= 15 is 0 Å². The molecule has 6 nitrogen and oxygen atoms in total. The molecule has 2 unspecified atom stereocenters. The van der Waals surface area contributed by atoms with Gasteiger partial charge in [0.05, 0.1) is 28.3 Å². The molecule has 24 heavy (non-hydrogen) atoms. The Kier molecular flexibility index (Phi) is 3.54. The van der Waals surface area contributed by atoms with Crippen LogP contribution in [0.1, 0.15) is 17.0 Å². The minimum Gasteiger partial charge on any atom is -0.368 e. The lowest BCUT2D eigenvalue weighted by Crippen LogP contribution is -2.43. The van der Waals surface area contributed by atoms with Crippen molar-refractivity contribution in [3.63, 3.8) is 0 Å². The van der Waals surface area contributed by atoms with Gasteiger partial charge in [-0.05, 0) is 33.6 Å². The summed E-state index contributed by atoms with van der Waals surface area (Å²) in [5.41, 5.74) is 0.983. The summed E-state index contributed by atoms with van der Waals surface area (Å²) in [6, 6.07) is 4.47. The van der Waals surface area contributed by atoms with Gasteiger partial charge in [-0.2, -0.15) is 4.74 Å². The standard InChI is InChI=1S/C16H12BrFN2O4/c1-20-15-14(16(22)24-20)12(7-2-3-9(18)8(17)4-7)13-10(19-15)5-23-6-11(13)21/h2-4,12-13H,5-6H2,1H3. The molecule has 0 spiro atoms.